The first kappa shape index (κ1) is 23.6. The Kier molecular flexibility index (Phi) is 7.34. The smallest absolute Gasteiger partial charge is 0.264 e. The number of nitrogens with two attached hydrogens (primary N) is 1. The topological polar surface area (TPSA) is 137 Å². The van der Waals surface area contributed by atoms with Gasteiger partial charge in [-0.05, 0) is 48.9 Å². The fourth-order valence-electron chi connectivity index (χ4n) is 3.54. The van der Waals surface area contributed by atoms with E-state index in [1.807, 2.05) is 43.3 Å². The van der Waals surface area contributed by atoms with Gasteiger partial charge in [0.2, 0.25) is 11.1 Å². The predicted molar refractivity (Wildman–Crippen MR) is 137 cm³/mol. The number of nitrogen functional groups attached to an aromatic ring is 1. The highest BCUT2D eigenvalue weighted by Crippen LogP contribution is 2.37. The zero-order valence-electron chi connectivity index (χ0n) is 18.9. The number of hydrogen-bond acceptors (Lipinski definition) is 10. The molecule has 0 saturated heterocycles. The van der Waals surface area contributed by atoms with Gasteiger partial charge in [0, 0.05) is 24.7 Å². The van der Waals surface area contributed by atoms with E-state index in [0.717, 1.165) is 54.3 Å². The van der Waals surface area contributed by atoms with E-state index >= 15 is 0 Å². The molecule has 0 bridgehead atoms. The third-order valence-corrected chi connectivity index (χ3v) is 7.47. The Morgan fingerprint density at radius 1 is 1.32 bits per heavy atom. The molecule has 4 N–H and O–H groups in total. The summed E-state index contributed by atoms with van der Waals surface area (Å²) in [5.41, 5.74) is 6.47. The van der Waals surface area contributed by atoms with Gasteiger partial charge in [-0.3, -0.25) is 4.79 Å². The van der Waals surface area contributed by atoms with Crippen LogP contribution in [0.3, 0.4) is 0 Å². The number of nitriles is 1. The van der Waals surface area contributed by atoms with Crippen LogP contribution in [0.2, 0.25) is 0 Å². The van der Waals surface area contributed by atoms with Crippen molar-refractivity contribution >= 4 is 51.9 Å². The number of benzene rings is 1. The number of amides is 1. The molecule has 0 fully saturated rings. The van der Waals surface area contributed by atoms with E-state index in [9.17, 15) is 10.1 Å². The largest absolute Gasteiger partial charge is 0.378 e. The molecular formula is C22H25N9OS2. The number of hydrazone groups is 1. The maximum Gasteiger partial charge on any atom is 0.264 e. The van der Waals surface area contributed by atoms with Gasteiger partial charge >= 0.3 is 0 Å². The molecule has 12 heteroatoms. The van der Waals surface area contributed by atoms with E-state index in [4.69, 9.17) is 5.84 Å². The summed E-state index contributed by atoms with van der Waals surface area (Å²) in [6, 6.07) is 10.2. The van der Waals surface area contributed by atoms with Crippen LogP contribution in [-0.4, -0.2) is 46.8 Å². The maximum absolute atomic E-state index is 12.5. The summed E-state index contributed by atoms with van der Waals surface area (Å²) in [5, 5.41) is 25.6. The molecule has 0 unspecified atom stereocenters. The molecule has 3 aromatic rings. The Balaban J connectivity index is 1.31. The highest BCUT2D eigenvalue weighted by atomic mass is 32.2. The molecule has 1 aromatic carbocycles. The first-order chi connectivity index (χ1) is 16.5. The summed E-state index contributed by atoms with van der Waals surface area (Å²) in [7, 11) is 3.97. The first-order valence-electron chi connectivity index (χ1n) is 10.7. The molecule has 1 aliphatic rings. The van der Waals surface area contributed by atoms with Gasteiger partial charge in [0.25, 0.3) is 5.95 Å². The van der Waals surface area contributed by atoms with E-state index in [1.165, 1.54) is 20.9 Å². The van der Waals surface area contributed by atoms with Crippen molar-refractivity contribution in [3.63, 3.8) is 0 Å². The SMILES string of the molecule is CN(C)c1ccc(/C=N/Nc2nnc(SCC(=O)Nc3sc4c(c3C#N)CCCC4)n2N)cc1. The number of hydrogen-bond donors (Lipinski definition) is 3. The lowest BCUT2D eigenvalue weighted by molar-refractivity contribution is -0.113. The third-order valence-electron chi connectivity index (χ3n) is 5.32. The summed E-state index contributed by atoms with van der Waals surface area (Å²) in [6.07, 6.45) is 5.72. The number of nitrogens with zero attached hydrogens (tertiary/aromatic N) is 6. The lowest BCUT2D eigenvalue weighted by atomic mass is 9.96. The Labute approximate surface area is 205 Å². The van der Waals surface area contributed by atoms with E-state index in [1.54, 1.807) is 6.21 Å². The van der Waals surface area contributed by atoms with Crippen LogP contribution in [0.4, 0.5) is 16.6 Å². The Morgan fingerprint density at radius 2 is 2.09 bits per heavy atom. The van der Waals surface area contributed by atoms with E-state index in [-0.39, 0.29) is 17.6 Å². The van der Waals surface area contributed by atoms with Crippen LogP contribution >= 0.6 is 23.1 Å². The van der Waals surface area contributed by atoms with Crippen LogP contribution in [0.25, 0.3) is 0 Å². The number of rotatable bonds is 8. The number of nitrogens with one attached hydrogen (secondary N) is 2. The minimum absolute atomic E-state index is 0.0876. The molecule has 0 aliphatic heterocycles. The monoisotopic (exact) mass is 495 g/mol. The number of carbonyl (C=O) groups is 1. The molecule has 2 aromatic heterocycles. The van der Waals surface area contributed by atoms with E-state index in [2.05, 4.69) is 32.1 Å². The molecule has 0 atom stereocenters. The van der Waals surface area contributed by atoms with Crippen LogP contribution < -0.4 is 21.5 Å². The number of fused-ring (bicyclic) bond motifs is 1. The second-order valence-electron chi connectivity index (χ2n) is 7.90. The van der Waals surface area contributed by atoms with Gasteiger partial charge in [0.05, 0.1) is 17.5 Å². The summed E-state index contributed by atoms with van der Waals surface area (Å²) < 4.78 is 1.25. The zero-order valence-corrected chi connectivity index (χ0v) is 20.5. The minimum atomic E-state index is -0.225. The number of aryl methyl sites for hydroxylation is 1. The molecule has 2 heterocycles. The van der Waals surface area contributed by atoms with Crippen molar-refractivity contribution in [3.05, 3.63) is 45.8 Å². The normalized spacial score (nSPS) is 12.9. The number of anilines is 3. The summed E-state index contributed by atoms with van der Waals surface area (Å²) >= 11 is 2.66. The fourth-order valence-corrected chi connectivity index (χ4v) is 5.45. The molecule has 176 valence electrons. The van der Waals surface area contributed by atoms with Gasteiger partial charge in [-0.1, -0.05) is 23.9 Å². The fraction of sp³-hybridized carbons (Fsp3) is 0.318. The highest BCUT2D eigenvalue weighted by molar-refractivity contribution is 7.99. The minimum Gasteiger partial charge on any atom is -0.378 e. The molecular weight excluding hydrogens is 470 g/mol. The van der Waals surface area contributed by atoms with Crippen molar-refractivity contribution in [2.75, 3.05) is 41.3 Å². The van der Waals surface area contributed by atoms with Crippen LogP contribution in [0.5, 0.6) is 0 Å². The second-order valence-corrected chi connectivity index (χ2v) is 9.94. The van der Waals surface area contributed by atoms with E-state index in [0.29, 0.717) is 15.7 Å². The molecule has 0 saturated carbocycles. The lowest BCUT2D eigenvalue weighted by Crippen LogP contribution is -2.17. The lowest BCUT2D eigenvalue weighted by Gasteiger charge is -2.11. The van der Waals surface area contributed by atoms with Gasteiger partial charge in [-0.25, -0.2) is 10.1 Å². The van der Waals surface area contributed by atoms with Gasteiger partial charge in [0.1, 0.15) is 11.1 Å². The molecule has 1 amide bonds. The number of thiophene rings is 1. The Bertz CT molecular complexity index is 1240. The summed E-state index contributed by atoms with van der Waals surface area (Å²) in [5.74, 6) is 6.16. The average Bonchev–Trinajstić information content (AvgIpc) is 3.37. The van der Waals surface area contributed by atoms with Crippen molar-refractivity contribution in [1.29, 1.82) is 5.26 Å². The standard InChI is InChI=1S/C22H25N9OS2/c1-30(2)15-9-7-14(8-10-15)12-25-27-21-28-29-22(31(21)24)33-13-19(32)26-20-17(11-23)16-5-3-4-6-18(16)34-20/h7-10,12H,3-6,13,24H2,1-2H3,(H,26,32)(H,27,28)/b25-12+. The zero-order chi connectivity index (χ0) is 24.1. The number of thioether (sulfide) groups is 1. The molecule has 0 spiro atoms. The van der Waals surface area contributed by atoms with Crippen molar-refractivity contribution in [2.24, 2.45) is 5.10 Å². The second kappa shape index (κ2) is 10.6. The van der Waals surface area contributed by atoms with Gasteiger partial charge in [-0.2, -0.15) is 10.4 Å². The van der Waals surface area contributed by atoms with Crippen LogP contribution in [-0.2, 0) is 17.6 Å². The van der Waals surface area contributed by atoms with Crippen molar-refractivity contribution in [3.8, 4) is 6.07 Å². The van der Waals surface area contributed by atoms with E-state index < -0.39 is 0 Å². The molecule has 1 aliphatic carbocycles. The quantitative estimate of drug-likeness (QED) is 0.188. The third kappa shape index (κ3) is 5.32. The Hall–Kier alpha value is -3.56. The predicted octanol–water partition coefficient (Wildman–Crippen LogP) is 3.05. The van der Waals surface area contributed by atoms with Crippen LogP contribution in [0, 0.1) is 11.3 Å². The summed E-state index contributed by atoms with van der Waals surface area (Å²) in [6.45, 7) is 0. The highest BCUT2D eigenvalue weighted by Gasteiger charge is 2.22. The van der Waals surface area contributed by atoms with Crippen molar-refractivity contribution in [2.45, 2.75) is 30.8 Å². The molecule has 0 radical (unpaired) electrons. The molecule has 34 heavy (non-hydrogen) atoms. The van der Waals surface area contributed by atoms with Crippen LogP contribution in [0.1, 0.15) is 34.4 Å². The molecule has 10 nitrogen and oxygen atoms in total. The first-order valence-corrected chi connectivity index (χ1v) is 12.5. The summed E-state index contributed by atoms with van der Waals surface area (Å²) in [4.78, 5) is 15.7. The van der Waals surface area contributed by atoms with Crippen LogP contribution in [0.15, 0.2) is 34.5 Å². The van der Waals surface area contributed by atoms with Gasteiger partial charge in [0.15, 0.2) is 0 Å². The number of carbonyl (C=O) groups excluding carboxylic acids is 1. The Morgan fingerprint density at radius 3 is 2.82 bits per heavy atom. The van der Waals surface area contributed by atoms with Crippen molar-refractivity contribution < 1.29 is 4.79 Å². The molecule has 4 rings (SSSR count). The maximum atomic E-state index is 12.5. The van der Waals surface area contributed by atoms with Gasteiger partial charge in [-0.15, -0.1) is 21.5 Å². The average molecular weight is 496 g/mol. The van der Waals surface area contributed by atoms with Gasteiger partial charge < -0.3 is 16.1 Å². The number of aromatic nitrogens is 3. The van der Waals surface area contributed by atoms with Crippen molar-refractivity contribution in [1.82, 2.24) is 14.9 Å².